The Morgan fingerprint density at radius 3 is 2.64 bits per heavy atom. The number of ketones is 2. The molecular weight excluding hydrogens is 649 g/mol. The largest absolute Gasteiger partial charge is 0.511 e. The van der Waals surface area contributed by atoms with Gasteiger partial charge in [-0.25, -0.2) is 0 Å². The van der Waals surface area contributed by atoms with E-state index in [9.17, 15) is 35.4 Å². The average Bonchev–Trinajstić information content (AvgIpc) is 3.06. The van der Waals surface area contributed by atoms with Crippen molar-refractivity contribution in [1.82, 2.24) is 10.6 Å². The van der Waals surface area contributed by atoms with Crippen molar-refractivity contribution < 1.29 is 49.7 Å². The summed E-state index contributed by atoms with van der Waals surface area (Å²) in [5.74, 6) is -2.42. The molecule has 3 heterocycles. The zero-order chi connectivity index (χ0) is 33.5. The molecule has 3 aliphatic heterocycles. The third-order valence-electron chi connectivity index (χ3n) is 11.5. The number of hydrogen-bond acceptors (Lipinski definition) is 14. The lowest BCUT2D eigenvalue weighted by Crippen LogP contribution is -2.69. The summed E-state index contributed by atoms with van der Waals surface area (Å²) in [6, 6.07) is 0. The lowest BCUT2D eigenvalue weighted by atomic mass is 9.51. The fourth-order valence-electron chi connectivity index (χ4n) is 9.03. The van der Waals surface area contributed by atoms with Crippen molar-refractivity contribution in [1.29, 1.82) is 0 Å². The summed E-state index contributed by atoms with van der Waals surface area (Å²) in [4.78, 5) is 29.6. The van der Waals surface area contributed by atoms with Gasteiger partial charge in [0.15, 0.2) is 12.1 Å². The number of piperidine rings is 1. The topological polar surface area (TPSA) is 198 Å². The van der Waals surface area contributed by atoms with Crippen molar-refractivity contribution in [3.05, 3.63) is 23.5 Å². The molecule has 13 unspecified atom stereocenters. The molecule has 0 amide bonds. The molecule has 47 heavy (non-hydrogen) atoms. The number of Topliss-reactive ketones (excluding diaryl/α,β-unsaturated/α-hetero) is 2. The standard InChI is InChI=1S/C33H50N2O10S2/c1-17-12-20-27(39)19-4-2-5-21-26(19)29(41)33(20,23(38)13-17)24(6-3-11-36)47-46-16-35-25-14-18(8-10-34-25)7-9-32(43)28(40)22(15-37)45-31(44-21)30(32)42/h12-13,18-22,24-26,28,30-31,34-38,40,42-43H,2-11,14-16H2,1H3. The van der Waals surface area contributed by atoms with Crippen LogP contribution in [0.4, 0.5) is 0 Å². The van der Waals surface area contributed by atoms with E-state index < -0.39 is 71.3 Å². The van der Waals surface area contributed by atoms with Crippen molar-refractivity contribution in [3.8, 4) is 0 Å². The number of fused-ring (bicyclic) bond motifs is 4. The van der Waals surface area contributed by atoms with Gasteiger partial charge in [0.1, 0.15) is 40.9 Å². The van der Waals surface area contributed by atoms with Crippen molar-refractivity contribution in [3.63, 3.8) is 0 Å². The second-order valence-electron chi connectivity index (χ2n) is 14.3. The molecule has 8 N–H and O–H groups in total. The lowest BCUT2D eigenvalue weighted by molar-refractivity contribution is -0.346. The maximum Gasteiger partial charge on any atom is 0.187 e. The Balaban J connectivity index is 1.43. The molecule has 12 nitrogen and oxygen atoms in total. The summed E-state index contributed by atoms with van der Waals surface area (Å²) < 4.78 is 12.3. The van der Waals surface area contributed by atoms with Crippen LogP contribution in [0.1, 0.15) is 64.7 Å². The highest BCUT2D eigenvalue weighted by atomic mass is 33.1. The van der Waals surface area contributed by atoms with Crippen LogP contribution < -0.4 is 10.6 Å². The normalized spacial score (nSPS) is 46.4. The van der Waals surface area contributed by atoms with Crippen LogP contribution in [-0.2, 0) is 19.1 Å². The first-order valence-electron chi connectivity index (χ1n) is 17.1. The molecule has 0 radical (unpaired) electrons. The van der Waals surface area contributed by atoms with Gasteiger partial charge in [0.05, 0.1) is 36.6 Å². The van der Waals surface area contributed by atoms with Crippen molar-refractivity contribution in [2.45, 2.75) is 112 Å². The van der Waals surface area contributed by atoms with E-state index in [2.05, 4.69) is 10.6 Å². The molecule has 3 aliphatic carbocycles. The monoisotopic (exact) mass is 698 g/mol. The molecule has 1 spiro atoms. The predicted octanol–water partition coefficient (Wildman–Crippen LogP) is 1.30. The highest BCUT2D eigenvalue weighted by molar-refractivity contribution is 8.76. The SMILES string of the molecule is CC1=CC2C(=O)C3CCCC4OC5OC(CO)C(O)C(O)(CCC6CCNC(C6)NCSSC(CCCO)C2(C(=O)C43)C(O)=C1)C5O. The van der Waals surface area contributed by atoms with E-state index in [1.165, 1.54) is 21.6 Å². The molecule has 3 saturated heterocycles. The number of aliphatic hydroxyl groups is 6. The second-order valence-corrected chi connectivity index (χ2v) is 16.8. The van der Waals surface area contributed by atoms with Gasteiger partial charge in [0.2, 0.25) is 0 Å². The fourth-order valence-corrected chi connectivity index (χ4v) is 12.0. The Hall–Kier alpha value is -1.04. The highest BCUT2D eigenvalue weighted by Crippen LogP contribution is 2.59. The van der Waals surface area contributed by atoms with Crippen LogP contribution >= 0.6 is 21.6 Å². The first-order chi connectivity index (χ1) is 22.6. The number of rotatable bonds is 4. The van der Waals surface area contributed by atoms with E-state index >= 15 is 4.79 Å². The summed E-state index contributed by atoms with van der Waals surface area (Å²) in [5.41, 5.74) is -2.93. The molecule has 5 fully saturated rings. The highest BCUT2D eigenvalue weighted by Gasteiger charge is 2.67. The van der Waals surface area contributed by atoms with Gasteiger partial charge in [-0.2, -0.15) is 0 Å². The minimum absolute atomic E-state index is 0.0294. The maximum absolute atomic E-state index is 15.2. The molecule has 0 aromatic heterocycles. The van der Waals surface area contributed by atoms with Gasteiger partial charge in [-0.05, 0) is 76.8 Å². The Labute approximate surface area is 283 Å². The van der Waals surface area contributed by atoms with E-state index in [-0.39, 0.29) is 42.4 Å². The summed E-state index contributed by atoms with van der Waals surface area (Å²) in [6.07, 6.45) is 0.822. The van der Waals surface area contributed by atoms with Crippen molar-refractivity contribution in [2.24, 2.45) is 29.1 Å². The van der Waals surface area contributed by atoms with Crippen LogP contribution in [0.5, 0.6) is 0 Å². The van der Waals surface area contributed by atoms with Gasteiger partial charge in [-0.3, -0.25) is 14.9 Å². The van der Waals surface area contributed by atoms with Gasteiger partial charge < -0.3 is 45.4 Å². The third-order valence-corrected chi connectivity index (χ3v) is 14.3. The van der Waals surface area contributed by atoms with Gasteiger partial charge in [0.25, 0.3) is 0 Å². The molecule has 6 rings (SSSR count). The summed E-state index contributed by atoms with van der Waals surface area (Å²) >= 11 is 0. The molecule has 264 valence electrons. The van der Waals surface area contributed by atoms with E-state index in [4.69, 9.17) is 9.47 Å². The minimum atomic E-state index is -2.04. The molecule has 6 bridgehead atoms. The molecule has 0 aromatic rings. The summed E-state index contributed by atoms with van der Waals surface area (Å²) in [6.45, 7) is 1.81. The number of ether oxygens (including phenoxy) is 2. The van der Waals surface area contributed by atoms with E-state index in [1.807, 2.05) is 0 Å². The summed E-state index contributed by atoms with van der Waals surface area (Å²) in [5, 5.41) is 72.8. The summed E-state index contributed by atoms with van der Waals surface area (Å²) in [7, 11) is 2.97. The third kappa shape index (κ3) is 6.39. The molecule has 6 aliphatic rings. The van der Waals surface area contributed by atoms with Crippen molar-refractivity contribution >= 4 is 33.2 Å². The number of carbonyl (C=O) groups excluding carboxylic acids is 2. The van der Waals surface area contributed by atoms with Crippen LogP contribution in [-0.4, -0.2) is 116 Å². The van der Waals surface area contributed by atoms with Gasteiger partial charge >= 0.3 is 0 Å². The first-order valence-corrected chi connectivity index (χ1v) is 19.5. The lowest BCUT2D eigenvalue weighted by Gasteiger charge is -2.54. The maximum atomic E-state index is 15.2. The van der Waals surface area contributed by atoms with Crippen LogP contribution in [0.15, 0.2) is 23.5 Å². The van der Waals surface area contributed by atoms with Gasteiger partial charge in [0, 0.05) is 17.8 Å². The average molecular weight is 699 g/mol. The Morgan fingerprint density at radius 2 is 1.87 bits per heavy atom. The number of carbonyl (C=O) groups is 2. The predicted molar refractivity (Wildman–Crippen MR) is 176 cm³/mol. The number of allylic oxidation sites excluding steroid dienone is 4. The molecule has 13 atom stereocenters. The smallest absolute Gasteiger partial charge is 0.187 e. The van der Waals surface area contributed by atoms with Crippen LogP contribution in [0.3, 0.4) is 0 Å². The molecule has 14 heteroatoms. The van der Waals surface area contributed by atoms with E-state index in [1.54, 1.807) is 19.1 Å². The quantitative estimate of drug-likeness (QED) is 0.196. The minimum Gasteiger partial charge on any atom is -0.511 e. The van der Waals surface area contributed by atoms with E-state index in [0.717, 1.165) is 19.4 Å². The zero-order valence-corrected chi connectivity index (χ0v) is 28.5. The van der Waals surface area contributed by atoms with Crippen molar-refractivity contribution in [2.75, 3.05) is 25.6 Å². The zero-order valence-electron chi connectivity index (χ0n) is 26.8. The van der Waals surface area contributed by atoms with Gasteiger partial charge in [-0.1, -0.05) is 39.7 Å². The van der Waals surface area contributed by atoms with Gasteiger partial charge in [-0.15, -0.1) is 0 Å². The Bertz CT molecular complexity index is 1240. The number of aliphatic hydroxyl groups excluding tert-OH is 5. The Kier molecular flexibility index (Phi) is 11.2. The van der Waals surface area contributed by atoms with Crippen LogP contribution in [0, 0.1) is 29.1 Å². The first kappa shape index (κ1) is 35.8. The number of nitrogens with one attached hydrogen (secondary N) is 2. The molecular formula is C33H50N2O10S2. The Morgan fingerprint density at radius 1 is 1.06 bits per heavy atom. The van der Waals surface area contributed by atoms with Crippen LogP contribution in [0.2, 0.25) is 0 Å². The van der Waals surface area contributed by atoms with E-state index in [0.29, 0.717) is 50.0 Å². The molecule has 0 aromatic carbocycles. The molecule has 2 saturated carbocycles. The van der Waals surface area contributed by atoms with Crippen LogP contribution in [0.25, 0.3) is 0 Å². The fraction of sp³-hybridized carbons (Fsp3) is 0.818. The second kappa shape index (κ2) is 14.7. The number of hydrogen-bond donors (Lipinski definition) is 8.